The predicted molar refractivity (Wildman–Crippen MR) is 144 cm³/mol. The number of imide groups is 1. The quantitative estimate of drug-likeness (QED) is 0.129. The summed E-state index contributed by atoms with van der Waals surface area (Å²) in [6, 6.07) is 5.19. The number of carbonyl (C=O) groups is 5. The maximum Gasteiger partial charge on any atom is 0.254 e. The summed E-state index contributed by atoms with van der Waals surface area (Å²) in [5, 5.41) is 8.90. The van der Waals surface area contributed by atoms with Crippen LogP contribution in [0.3, 0.4) is 0 Å². The lowest BCUT2D eigenvalue weighted by molar-refractivity contribution is -0.141. The molecule has 2 aliphatic heterocycles. The zero-order valence-electron chi connectivity index (χ0n) is 22.6. The zero-order chi connectivity index (χ0) is 28.0. The summed E-state index contributed by atoms with van der Waals surface area (Å²) in [7, 11) is 1.61. The van der Waals surface area contributed by atoms with Crippen molar-refractivity contribution in [2.45, 2.75) is 64.0 Å². The highest BCUT2D eigenvalue weighted by molar-refractivity contribution is 6.00. The number of nitrogens with zero attached hydrogens (tertiary/aromatic N) is 2. The summed E-state index contributed by atoms with van der Waals surface area (Å²) in [6.07, 6.45) is 7.34. The molecule has 3 rings (SSSR count). The van der Waals surface area contributed by atoms with Gasteiger partial charge in [-0.2, -0.15) is 0 Å². The lowest BCUT2D eigenvalue weighted by Gasteiger charge is -2.34. The smallest absolute Gasteiger partial charge is 0.254 e. The van der Waals surface area contributed by atoms with Crippen molar-refractivity contribution in [1.29, 1.82) is 0 Å². The van der Waals surface area contributed by atoms with Crippen molar-refractivity contribution in [3.05, 3.63) is 29.3 Å². The molecule has 214 valence electrons. The Balaban J connectivity index is 1.30. The van der Waals surface area contributed by atoms with Gasteiger partial charge < -0.3 is 20.9 Å². The molecule has 39 heavy (non-hydrogen) atoms. The number of likely N-dealkylation sites (tertiary alicyclic amines) is 1. The molecule has 1 aromatic rings. The van der Waals surface area contributed by atoms with Crippen molar-refractivity contribution in [2.75, 3.05) is 45.2 Å². The minimum Gasteiger partial charge on any atom is -0.376 e. The second-order valence-corrected chi connectivity index (χ2v) is 9.78. The Labute approximate surface area is 229 Å². The average molecular weight is 545 g/mol. The standard InChI is InChI=1S/C27H40N6O6/c1-28-39-18-25(36)30-14-7-5-3-2-4-6-13-29-24(35)15-31-23-10-8-9-21-22(23)17-33(27(21)38)20-11-12-26(37)32(16-20)19-34/h8-10,19-20,28,31H,2-7,11-18H2,1H3,(H,29,35)(H,30,36). The summed E-state index contributed by atoms with van der Waals surface area (Å²) >= 11 is 0. The molecule has 0 spiro atoms. The fraction of sp³-hybridized carbons (Fsp3) is 0.593. The molecule has 0 bridgehead atoms. The summed E-state index contributed by atoms with van der Waals surface area (Å²) in [5.74, 6) is -0.577. The number of hydroxylamine groups is 1. The van der Waals surface area contributed by atoms with Gasteiger partial charge in [0, 0.05) is 56.5 Å². The first-order valence-electron chi connectivity index (χ1n) is 13.7. The van der Waals surface area contributed by atoms with Crippen molar-refractivity contribution in [2.24, 2.45) is 0 Å². The number of piperidine rings is 1. The number of carbonyl (C=O) groups excluding carboxylic acids is 5. The van der Waals surface area contributed by atoms with E-state index in [2.05, 4.69) is 21.4 Å². The summed E-state index contributed by atoms with van der Waals surface area (Å²) in [6.45, 7) is 1.95. The third kappa shape index (κ3) is 9.03. The third-order valence-electron chi connectivity index (χ3n) is 7.02. The highest BCUT2D eigenvalue weighted by Gasteiger charge is 2.37. The van der Waals surface area contributed by atoms with Crippen LogP contribution in [-0.4, -0.2) is 85.7 Å². The molecule has 2 aliphatic rings. The van der Waals surface area contributed by atoms with E-state index in [1.165, 1.54) is 0 Å². The zero-order valence-corrected chi connectivity index (χ0v) is 22.6. The van der Waals surface area contributed by atoms with E-state index in [0.29, 0.717) is 38.0 Å². The van der Waals surface area contributed by atoms with Gasteiger partial charge in [-0.05, 0) is 31.4 Å². The van der Waals surface area contributed by atoms with Gasteiger partial charge in [0.25, 0.3) is 5.91 Å². The van der Waals surface area contributed by atoms with Gasteiger partial charge in [-0.15, -0.1) is 0 Å². The minimum absolute atomic E-state index is 0.0103. The van der Waals surface area contributed by atoms with Crippen LogP contribution in [0.25, 0.3) is 0 Å². The molecule has 2 heterocycles. The molecule has 4 N–H and O–H groups in total. The van der Waals surface area contributed by atoms with Crippen LogP contribution in [0.4, 0.5) is 5.69 Å². The van der Waals surface area contributed by atoms with E-state index in [0.717, 1.165) is 54.7 Å². The SMILES string of the molecule is CNOCC(=O)NCCCCCCCCNC(=O)CNc1cccc2c1CN(C1CCC(=O)N(C=O)C1)C2=O. The monoisotopic (exact) mass is 544 g/mol. The molecule has 0 aromatic heterocycles. The van der Waals surface area contributed by atoms with Crippen LogP contribution in [0.15, 0.2) is 18.2 Å². The second kappa shape index (κ2) is 15.8. The molecular formula is C27H40N6O6. The predicted octanol–water partition coefficient (Wildman–Crippen LogP) is 0.926. The Morgan fingerprint density at radius 3 is 2.41 bits per heavy atom. The van der Waals surface area contributed by atoms with Gasteiger partial charge >= 0.3 is 0 Å². The molecule has 0 aliphatic carbocycles. The first-order chi connectivity index (χ1) is 18.9. The number of rotatable bonds is 17. The molecule has 12 heteroatoms. The number of hydrogen-bond donors (Lipinski definition) is 4. The molecule has 5 amide bonds. The summed E-state index contributed by atoms with van der Waals surface area (Å²) < 4.78 is 0. The van der Waals surface area contributed by atoms with E-state index in [-0.39, 0.29) is 55.8 Å². The Morgan fingerprint density at radius 2 is 1.72 bits per heavy atom. The number of benzene rings is 1. The molecule has 1 atom stereocenters. The van der Waals surface area contributed by atoms with Gasteiger partial charge in [-0.1, -0.05) is 31.7 Å². The lowest BCUT2D eigenvalue weighted by Crippen LogP contribution is -2.49. The van der Waals surface area contributed by atoms with Gasteiger partial charge in [0.15, 0.2) is 0 Å². The average Bonchev–Trinajstić information content (AvgIpc) is 3.28. The topological polar surface area (TPSA) is 149 Å². The highest BCUT2D eigenvalue weighted by atomic mass is 16.6. The first kappa shape index (κ1) is 30.0. The maximum absolute atomic E-state index is 13.0. The van der Waals surface area contributed by atoms with Crippen molar-refractivity contribution in [3.63, 3.8) is 0 Å². The van der Waals surface area contributed by atoms with Crippen molar-refractivity contribution < 1.29 is 28.8 Å². The Bertz CT molecular complexity index is 1020. The maximum atomic E-state index is 13.0. The third-order valence-corrected chi connectivity index (χ3v) is 7.02. The summed E-state index contributed by atoms with van der Waals surface area (Å²) in [5.41, 5.74) is 4.61. The van der Waals surface area contributed by atoms with Gasteiger partial charge in [0.2, 0.25) is 24.1 Å². The fourth-order valence-corrected chi connectivity index (χ4v) is 4.86. The molecule has 1 aromatic carbocycles. The van der Waals surface area contributed by atoms with Gasteiger partial charge in [0.1, 0.15) is 6.61 Å². The number of unbranched alkanes of at least 4 members (excludes halogenated alkanes) is 5. The molecular weight excluding hydrogens is 504 g/mol. The van der Waals surface area contributed by atoms with E-state index >= 15 is 0 Å². The summed E-state index contributed by atoms with van der Waals surface area (Å²) in [4.78, 5) is 67.5. The molecule has 1 saturated heterocycles. The number of anilines is 1. The van der Waals surface area contributed by atoms with Crippen LogP contribution in [0.5, 0.6) is 0 Å². The van der Waals surface area contributed by atoms with Crippen molar-refractivity contribution >= 4 is 35.7 Å². The number of fused-ring (bicyclic) bond motifs is 1. The van der Waals surface area contributed by atoms with Crippen LogP contribution >= 0.6 is 0 Å². The highest BCUT2D eigenvalue weighted by Crippen LogP contribution is 2.32. The van der Waals surface area contributed by atoms with E-state index in [9.17, 15) is 24.0 Å². The van der Waals surface area contributed by atoms with Gasteiger partial charge in [-0.25, -0.2) is 5.48 Å². The molecule has 0 saturated carbocycles. The van der Waals surface area contributed by atoms with Crippen LogP contribution in [0, 0.1) is 0 Å². The van der Waals surface area contributed by atoms with Crippen molar-refractivity contribution in [1.82, 2.24) is 25.9 Å². The fourth-order valence-electron chi connectivity index (χ4n) is 4.86. The number of nitrogens with one attached hydrogen (secondary N) is 4. The molecule has 0 radical (unpaired) electrons. The molecule has 12 nitrogen and oxygen atoms in total. The van der Waals surface area contributed by atoms with Crippen molar-refractivity contribution in [3.8, 4) is 0 Å². The van der Waals surface area contributed by atoms with Crippen LogP contribution in [-0.2, 0) is 30.6 Å². The second-order valence-electron chi connectivity index (χ2n) is 9.78. The Kier molecular flexibility index (Phi) is 12.2. The number of hydrogen-bond acceptors (Lipinski definition) is 8. The van der Waals surface area contributed by atoms with Gasteiger partial charge in [-0.3, -0.25) is 33.7 Å². The van der Waals surface area contributed by atoms with E-state index < -0.39 is 0 Å². The Hall–Kier alpha value is -3.51. The van der Waals surface area contributed by atoms with E-state index in [1.54, 1.807) is 24.1 Å². The molecule has 1 unspecified atom stereocenters. The minimum atomic E-state index is -0.215. The first-order valence-corrected chi connectivity index (χ1v) is 13.7. The Morgan fingerprint density at radius 1 is 1.03 bits per heavy atom. The molecule has 1 fully saturated rings. The largest absolute Gasteiger partial charge is 0.376 e. The van der Waals surface area contributed by atoms with Gasteiger partial charge in [0.05, 0.1) is 12.6 Å². The normalized spacial score (nSPS) is 16.7. The van der Waals surface area contributed by atoms with Crippen LogP contribution in [0.1, 0.15) is 67.3 Å². The van der Waals surface area contributed by atoms with E-state index in [1.807, 2.05) is 6.07 Å². The van der Waals surface area contributed by atoms with Crippen LogP contribution in [0.2, 0.25) is 0 Å². The van der Waals surface area contributed by atoms with Crippen LogP contribution < -0.4 is 21.4 Å². The number of amides is 5. The lowest BCUT2D eigenvalue weighted by atomic mass is 10.0. The van der Waals surface area contributed by atoms with E-state index in [4.69, 9.17) is 4.84 Å².